The summed E-state index contributed by atoms with van der Waals surface area (Å²) in [5, 5.41) is 3.26. The number of sulfonamides is 1. The molecule has 0 bridgehead atoms. The van der Waals surface area contributed by atoms with E-state index in [-0.39, 0.29) is 34.4 Å². The van der Waals surface area contributed by atoms with Crippen molar-refractivity contribution in [2.45, 2.75) is 37.6 Å². The van der Waals surface area contributed by atoms with Gasteiger partial charge in [0.1, 0.15) is 0 Å². The molecular weight excluding hydrogens is 336 g/mol. The second-order valence-corrected chi connectivity index (χ2v) is 8.01. The molecule has 0 spiro atoms. The van der Waals surface area contributed by atoms with Crippen LogP contribution in [-0.2, 0) is 14.8 Å². The quantitative estimate of drug-likeness (QED) is 0.456. The van der Waals surface area contributed by atoms with Crippen LogP contribution in [0, 0.1) is 0 Å². The smallest absolute Gasteiger partial charge is 0.240 e. The Labute approximate surface area is 142 Å². The number of hydrogen-bond acceptors (Lipinski definition) is 4. The van der Waals surface area contributed by atoms with Gasteiger partial charge in [0.25, 0.3) is 0 Å². The molecule has 1 aromatic carbocycles. The van der Waals surface area contributed by atoms with Crippen LogP contribution in [0.4, 0.5) is 0 Å². The van der Waals surface area contributed by atoms with Gasteiger partial charge in [-0.2, -0.15) is 0 Å². The molecule has 1 rings (SSSR count). The van der Waals surface area contributed by atoms with Gasteiger partial charge >= 0.3 is 0 Å². The van der Waals surface area contributed by atoms with E-state index in [1.807, 2.05) is 20.8 Å². The fourth-order valence-corrected chi connectivity index (χ4v) is 2.95. The lowest BCUT2D eigenvalue weighted by molar-refractivity contribution is -0.121. The lowest BCUT2D eigenvalue weighted by atomic mass is 10.1. The van der Waals surface area contributed by atoms with Gasteiger partial charge in [0.2, 0.25) is 15.9 Å². The number of hydrogen-bond donors (Lipinski definition) is 4. The third-order valence-electron chi connectivity index (χ3n) is 2.50. The molecule has 0 aliphatic carbocycles. The highest BCUT2D eigenvalue weighted by molar-refractivity contribution is 7.89. The van der Waals surface area contributed by atoms with Crippen molar-refractivity contribution in [2.24, 2.45) is 0 Å². The highest BCUT2D eigenvalue weighted by Gasteiger charge is 2.14. The second-order valence-electron chi connectivity index (χ2n) is 5.84. The van der Waals surface area contributed by atoms with Crippen LogP contribution >= 0.6 is 12.2 Å². The van der Waals surface area contributed by atoms with Crippen molar-refractivity contribution in [1.29, 1.82) is 0 Å². The Morgan fingerprint density at radius 3 is 2.30 bits per heavy atom. The van der Waals surface area contributed by atoms with Gasteiger partial charge in [-0.3, -0.25) is 15.6 Å². The van der Waals surface area contributed by atoms with Gasteiger partial charge in [-0.05, 0) is 45.1 Å². The summed E-state index contributed by atoms with van der Waals surface area (Å²) >= 11 is 5.01. The largest absolute Gasteiger partial charge is 0.357 e. The van der Waals surface area contributed by atoms with Crippen molar-refractivity contribution in [1.82, 2.24) is 20.9 Å². The molecule has 128 valence electrons. The van der Waals surface area contributed by atoms with Crippen LogP contribution in [0.15, 0.2) is 35.2 Å². The molecule has 0 atom stereocenters. The van der Waals surface area contributed by atoms with Crippen molar-refractivity contribution in [2.75, 3.05) is 6.54 Å². The van der Waals surface area contributed by atoms with Gasteiger partial charge in [0, 0.05) is 18.5 Å². The molecule has 0 saturated carbocycles. The zero-order chi connectivity index (χ0) is 17.5. The van der Waals surface area contributed by atoms with Crippen LogP contribution in [0.1, 0.15) is 27.2 Å². The van der Waals surface area contributed by atoms with Crippen molar-refractivity contribution >= 4 is 33.3 Å². The van der Waals surface area contributed by atoms with Gasteiger partial charge in [-0.1, -0.05) is 18.2 Å². The van der Waals surface area contributed by atoms with Crippen molar-refractivity contribution in [3.05, 3.63) is 30.3 Å². The summed E-state index contributed by atoms with van der Waals surface area (Å²) in [7, 11) is -3.60. The average Bonchev–Trinajstić information content (AvgIpc) is 2.44. The molecular formula is C14H22N4O3S2. The molecule has 0 unspecified atom stereocenters. The van der Waals surface area contributed by atoms with E-state index in [9.17, 15) is 13.2 Å². The molecule has 0 aliphatic rings. The Morgan fingerprint density at radius 2 is 1.74 bits per heavy atom. The molecule has 4 N–H and O–H groups in total. The molecule has 0 saturated heterocycles. The molecule has 9 heteroatoms. The summed E-state index contributed by atoms with van der Waals surface area (Å²) in [5.74, 6) is -0.376. The maximum atomic E-state index is 11.9. The first kappa shape index (κ1) is 19.3. The monoisotopic (exact) mass is 358 g/mol. The minimum absolute atomic E-state index is 0.00972. The SMILES string of the molecule is CC(C)(C)NC(=S)NNC(=O)CCNS(=O)(=O)c1ccccc1. The Balaban J connectivity index is 2.33. The topological polar surface area (TPSA) is 99.3 Å². The molecule has 23 heavy (non-hydrogen) atoms. The summed E-state index contributed by atoms with van der Waals surface area (Å²) in [6, 6.07) is 7.97. The van der Waals surface area contributed by atoms with Gasteiger partial charge in [0.05, 0.1) is 4.90 Å². The van der Waals surface area contributed by atoms with Crippen LogP contribution < -0.4 is 20.9 Å². The maximum absolute atomic E-state index is 11.9. The van der Waals surface area contributed by atoms with E-state index in [4.69, 9.17) is 12.2 Å². The fraction of sp³-hybridized carbons (Fsp3) is 0.429. The third kappa shape index (κ3) is 7.91. The number of amides is 1. The van der Waals surface area contributed by atoms with Crippen molar-refractivity contribution in [3.63, 3.8) is 0 Å². The average molecular weight is 358 g/mol. The Bertz CT molecular complexity index is 640. The first-order valence-electron chi connectivity index (χ1n) is 7.02. The normalized spacial score (nSPS) is 11.6. The number of nitrogens with one attached hydrogen (secondary N) is 4. The molecule has 1 amide bonds. The summed E-state index contributed by atoms with van der Waals surface area (Å²) in [5.41, 5.74) is 4.74. The predicted molar refractivity (Wildman–Crippen MR) is 93.0 cm³/mol. The van der Waals surface area contributed by atoms with E-state index < -0.39 is 10.0 Å². The van der Waals surface area contributed by atoms with Crippen molar-refractivity contribution in [3.8, 4) is 0 Å². The van der Waals surface area contributed by atoms with E-state index in [0.717, 1.165) is 0 Å². The first-order chi connectivity index (χ1) is 10.6. The number of carbonyl (C=O) groups is 1. The zero-order valence-electron chi connectivity index (χ0n) is 13.3. The van der Waals surface area contributed by atoms with Gasteiger partial charge in [-0.25, -0.2) is 13.1 Å². The molecule has 7 nitrogen and oxygen atoms in total. The van der Waals surface area contributed by atoms with Crippen molar-refractivity contribution < 1.29 is 13.2 Å². The number of hydrazine groups is 1. The van der Waals surface area contributed by atoms with Gasteiger partial charge < -0.3 is 5.32 Å². The van der Waals surface area contributed by atoms with E-state index in [1.165, 1.54) is 12.1 Å². The predicted octanol–water partition coefficient (Wildman–Crippen LogP) is 0.649. The van der Waals surface area contributed by atoms with E-state index >= 15 is 0 Å². The first-order valence-corrected chi connectivity index (χ1v) is 8.91. The Hall–Kier alpha value is -1.71. The van der Waals surface area contributed by atoms with Crippen LogP contribution in [-0.4, -0.2) is 31.5 Å². The van der Waals surface area contributed by atoms with Crippen LogP contribution in [0.25, 0.3) is 0 Å². The van der Waals surface area contributed by atoms with Crippen LogP contribution in [0.3, 0.4) is 0 Å². The lowest BCUT2D eigenvalue weighted by Crippen LogP contribution is -2.52. The standard InChI is InChI=1S/C14H22N4O3S2/c1-14(2,3)16-13(22)18-17-12(19)9-10-15-23(20,21)11-7-5-4-6-8-11/h4-8,15H,9-10H2,1-3H3,(H,17,19)(H2,16,18,22). The maximum Gasteiger partial charge on any atom is 0.240 e. The number of thiocarbonyl (C=S) groups is 1. The molecule has 0 heterocycles. The molecule has 0 fully saturated rings. The van der Waals surface area contributed by atoms with E-state index in [1.54, 1.807) is 18.2 Å². The highest BCUT2D eigenvalue weighted by atomic mass is 32.2. The summed E-state index contributed by atoms with van der Waals surface area (Å²) in [6.45, 7) is 5.79. The zero-order valence-corrected chi connectivity index (χ0v) is 15.0. The summed E-state index contributed by atoms with van der Waals surface area (Å²) < 4.78 is 26.3. The van der Waals surface area contributed by atoms with Gasteiger partial charge in [-0.15, -0.1) is 0 Å². The summed E-state index contributed by atoms with van der Waals surface area (Å²) in [4.78, 5) is 11.8. The summed E-state index contributed by atoms with van der Waals surface area (Å²) in [6.07, 6.45) is -0.0167. The molecule has 1 aromatic rings. The molecule has 0 radical (unpaired) electrons. The van der Waals surface area contributed by atoms with E-state index in [2.05, 4.69) is 20.9 Å². The Morgan fingerprint density at radius 1 is 1.13 bits per heavy atom. The number of benzene rings is 1. The fourth-order valence-electron chi connectivity index (χ4n) is 1.54. The lowest BCUT2D eigenvalue weighted by Gasteiger charge is -2.23. The minimum atomic E-state index is -3.60. The molecule has 0 aromatic heterocycles. The van der Waals surface area contributed by atoms with E-state index in [0.29, 0.717) is 0 Å². The number of carbonyl (C=O) groups excluding carboxylic acids is 1. The minimum Gasteiger partial charge on any atom is -0.357 e. The van der Waals surface area contributed by atoms with Crippen LogP contribution in [0.2, 0.25) is 0 Å². The second kappa shape index (κ2) is 8.23. The van der Waals surface area contributed by atoms with Crippen LogP contribution in [0.5, 0.6) is 0 Å². The Kier molecular flexibility index (Phi) is 6.92. The highest BCUT2D eigenvalue weighted by Crippen LogP contribution is 2.06. The van der Waals surface area contributed by atoms with Gasteiger partial charge in [0.15, 0.2) is 5.11 Å². The third-order valence-corrected chi connectivity index (χ3v) is 4.18. The molecule has 0 aliphatic heterocycles. The number of rotatable bonds is 5.